The predicted molar refractivity (Wildman–Crippen MR) is 150 cm³/mol. The third kappa shape index (κ3) is 7.74. The summed E-state index contributed by atoms with van der Waals surface area (Å²) in [5, 5.41) is 9.41. The second-order valence-corrected chi connectivity index (χ2v) is 12.9. The van der Waals surface area contributed by atoms with E-state index >= 15 is 0 Å². The van der Waals surface area contributed by atoms with E-state index in [0.717, 1.165) is 24.8 Å². The van der Waals surface area contributed by atoms with Crippen LogP contribution < -0.4 is 20.7 Å². The zero-order valence-electron chi connectivity index (χ0n) is 22.4. The first-order valence-electron chi connectivity index (χ1n) is 13.0. The van der Waals surface area contributed by atoms with Crippen molar-refractivity contribution in [2.75, 3.05) is 32.1 Å². The Hall–Kier alpha value is -2.07. The van der Waals surface area contributed by atoms with E-state index in [0.29, 0.717) is 29.8 Å². The fourth-order valence-electron chi connectivity index (χ4n) is 4.89. The monoisotopic (exact) mass is 565 g/mol. The zero-order valence-corrected chi connectivity index (χ0v) is 24.1. The Morgan fingerprint density at radius 3 is 2.58 bits per heavy atom. The van der Waals surface area contributed by atoms with Gasteiger partial charge < -0.3 is 25.2 Å². The number of nitrogens with one attached hydrogen (secondary N) is 3. The Balaban J connectivity index is 1.98. The van der Waals surface area contributed by atoms with Crippen molar-refractivity contribution in [2.45, 2.75) is 62.6 Å². The van der Waals surface area contributed by atoms with Crippen LogP contribution in [0.15, 0.2) is 47.4 Å². The summed E-state index contributed by atoms with van der Waals surface area (Å²) in [5.74, 6) is 0.199. The van der Waals surface area contributed by atoms with Crippen molar-refractivity contribution in [3.63, 3.8) is 0 Å². The van der Waals surface area contributed by atoms with Gasteiger partial charge in [-0.3, -0.25) is 10.1 Å². The third-order valence-corrected chi connectivity index (χ3v) is 9.62. The van der Waals surface area contributed by atoms with Gasteiger partial charge in [-0.1, -0.05) is 57.0 Å². The fourth-order valence-corrected chi connectivity index (χ4v) is 7.42. The van der Waals surface area contributed by atoms with Crippen LogP contribution in [0.2, 0.25) is 0 Å². The van der Waals surface area contributed by atoms with E-state index in [2.05, 4.69) is 22.9 Å². The lowest BCUT2D eigenvalue weighted by atomic mass is 9.88. The number of rotatable bonds is 13. The average Bonchev–Trinajstić information content (AvgIpc) is 3.00. The summed E-state index contributed by atoms with van der Waals surface area (Å²) in [6.45, 7) is 4.55. The van der Waals surface area contributed by atoms with E-state index in [1.165, 1.54) is 7.11 Å². The van der Waals surface area contributed by atoms with E-state index in [9.17, 15) is 13.2 Å². The van der Waals surface area contributed by atoms with E-state index in [1.54, 1.807) is 12.1 Å². The molecule has 3 rings (SSSR count). The lowest BCUT2D eigenvalue weighted by Crippen LogP contribution is -2.50. The molecule has 1 amide bonds. The van der Waals surface area contributed by atoms with Crippen LogP contribution in [0.4, 0.5) is 0 Å². The molecule has 2 aromatic carbocycles. The Kier molecular flexibility index (Phi) is 11.1. The Bertz CT molecular complexity index is 1180. The number of benzene rings is 2. The molecule has 11 heteroatoms. The minimum Gasteiger partial charge on any atom is -0.496 e. The van der Waals surface area contributed by atoms with Gasteiger partial charge in [-0.15, -0.1) is 0 Å². The summed E-state index contributed by atoms with van der Waals surface area (Å²) in [5.41, 5.74) is 1.61. The molecule has 0 aromatic heterocycles. The van der Waals surface area contributed by atoms with E-state index < -0.39 is 23.8 Å². The fraction of sp³-hybridized carbons (Fsp3) is 0.519. The second kappa shape index (κ2) is 13.8. The van der Waals surface area contributed by atoms with Crippen LogP contribution in [-0.4, -0.2) is 61.8 Å². The Morgan fingerprint density at radius 2 is 1.95 bits per heavy atom. The topological polar surface area (TPSA) is 137 Å². The predicted octanol–water partition coefficient (Wildman–Crippen LogP) is 3.00. The highest BCUT2D eigenvalue weighted by molar-refractivity contribution is 7.91. The van der Waals surface area contributed by atoms with Gasteiger partial charge in [-0.25, -0.2) is 8.42 Å². The van der Waals surface area contributed by atoms with Crippen molar-refractivity contribution in [2.24, 2.45) is 0 Å². The molecule has 0 saturated carbocycles. The maximum Gasteiger partial charge on any atom is 0.234 e. The number of sulfone groups is 1. The maximum atomic E-state index is 13.9. The molecular weight excluding hydrogens is 525 g/mol. The van der Waals surface area contributed by atoms with E-state index in [1.807, 2.05) is 37.3 Å². The third-order valence-electron chi connectivity index (χ3n) is 7.04. The highest BCUT2D eigenvalue weighted by Crippen LogP contribution is 2.40. The lowest BCUT2D eigenvalue weighted by molar-refractivity contribution is -0.120. The summed E-state index contributed by atoms with van der Waals surface area (Å²) in [6, 6.07) is 12.9. The van der Waals surface area contributed by atoms with Gasteiger partial charge in [-0.2, -0.15) is 0 Å². The van der Waals surface area contributed by atoms with Gasteiger partial charge in [0.05, 0.1) is 30.3 Å². The number of fused-ring (bicyclic) bond motifs is 1. The van der Waals surface area contributed by atoms with Crippen molar-refractivity contribution in [1.29, 1.82) is 0 Å². The Morgan fingerprint density at radius 1 is 1.21 bits per heavy atom. The molecule has 0 spiro atoms. The smallest absolute Gasteiger partial charge is 0.234 e. The van der Waals surface area contributed by atoms with Crippen LogP contribution in [0.5, 0.6) is 5.75 Å². The maximum absolute atomic E-state index is 13.9. The SMILES string of the molecule is CCCC[C@]1(CC)CS(=O)(=O)c2cc(CNC(=O)CNCCP(O)O)c(OC)cc2[C@@H](c2ccccc2)N1. The molecule has 0 radical (unpaired) electrons. The summed E-state index contributed by atoms with van der Waals surface area (Å²) in [6.07, 6.45) is 3.48. The van der Waals surface area contributed by atoms with Gasteiger partial charge >= 0.3 is 0 Å². The highest BCUT2D eigenvalue weighted by atomic mass is 32.2. The summed E-state index contributed by atoms with van der Waals surface area (Å²) in [4.78, 5) is 30.6. The molecule has 0 saturated heterocycles. The molecule has 5 N–H and O–H groups in total. The van der Waals surface area contributed by atoms with Crippen LogP contribution in [-0.2, 0) is 21.2 Å². The van der Waals surface area contributed by atoms with Crippen LogP contribution in [0.25, 0.3) is 0 Å². The number of carbonyl (C=O) groups excluding carboxylic acids is 1. The van der Waals surface area contributed by atoms with Crippen LogP contribution in [0.1, 0.15) is 62.3 Å². The molecule has 1 aliphatic heterocycles. The molecule has 0 fully saturated rings. The number of carbonyl (C=O) groups is 1. The molecule has 9 nitrogen and oxygen atoms in total. The van der Waals surface area contributed by atoms with Crippen molar-refractivity contribution >= 4 is 24.1 Å². The molecule has 1 aliphatic rings. The molecular formula is C27H40N3O6PS. The summed E-state index contributed by atoms with van der Waals surface area (Å²) >= 11 is 0. The van der Waals surface area contributed by atoms with Crippen LogP contribution >= 0.6 is 8.38 Å². The van der Waals surface area contributed by atoms with Gasteiger partial charge in [0.2, 0.25) is 5.91 Å². The highest BCUT2D eigenvalue weighted by Gasteiger charge is 2.42. The number of hydrogen-bond acceptors (Lipinski definition) is 8. The molecule has 2 atom stereocenters. The number of hydrogen-bond donors (Lipinski definition) is 5. The van der Waals surface area contributed by atoms with E-state index in [-0.39, 0.29) is 41.8 Å². The second-order valence-electron chi connectivity index (χ2n) is 9.74. The van der Waals surface area contributed by atoms with Gasteiger partial charge in [0.1, 0.15) is 5.75 Å². The van der Waals surface area contributed by atoms with Crippen molar-refractivity contribution in [3.8, 4) is 5.75 Å². The zero-order chi connectivity index (χ0) is 27.8. The molecule has 38 heavy (non-hydrogen) atoms. The number of amides is 1. The van der Waals surface area contributed by atoms with Crippen molar-refractivity contribution in [3.05, 3.63) is 59.2 Å². The first-order chi connectivity index (χ1) is 18.1. The van der Waals surface area contributed by atoms with Gasteiger partial charge in [0.15, 0.2) is 18.2 Å². The summed E-state index contributed by atoms with van der Waals surface area (Å²) in [7, 11) is -4.14. The van der Waals surface area contributed by atoms with Crippen LogP contribution in [0, 0.1) is 0 Å². The quantitative estimate of drug-likeness (QED) is 0.185. The lowest BCUT2D eigenvalue weighted by Gasteiger charge is -2.36. The van der Waals surface area contributed by atoms with Gasteiger partial charge in [0, 0.05) is 30.4 Å². The number of unbranched alkanes of at least 4 members (excludes halogenated alkanes) is 1. The van der Waals surface area contributed by atoms with Gasteiger partial charge in [0.25, 0.3) is 0 Å². The molecule has 1 heterocycles. The van der Waals surface area contributed by atoms with Crippen molar-refractivity contribution < 1.29 is 27.7 Å². The number of methoxy groups -OCH3 is 1. The normalized spacial score (nSPS) is 20.5. The molecule has 2 aromatic rings. The molecule has 0 unspecified atom stereocenters. The summed E-state index contributed by atoms with van der Waals surface area (Å²) < 4.78 is 33.5. The van der Waals surface area contributed by atoms with E-state index in [4.69, 9.17) is 14.5 Å². The first-order valence-corrected chi connectivity index (χ1v) is 16.1. The minimum atomic E-state index is -3.67. The average molecular weight is 566 g/mol. The molecule has 0 aliphatic carbocycles. The largest absolute Gasteiger partial charge is 0.496 e. The molecule has 0 bridgehead atoms. The van der Waals surface area contributed by atoms with Gasteiger partial charge in [-0.05, 0) is 36.1 Å². The minimum absolute atomic E-state index is 0.00514. The Labute approximate surface area is 227 Å². The molecule has 210 valence electrons. The standard InChI is InChI=1S/C27H40N3O6PS/c1-4-6-12-27(5-2)19-38(34,35)24-15-21(17-29-25(31)18-28-13-14-37(32)33)23(36-3)16-22(24)26(30-27)20-10-8-7-9-11-20/h7-11,15-16,26,28,30,32-33H,4-6,12-14,17-19H2,1-3H3,(H,29,31)/t26-,27-/m1/s1. The number of ether oxygens (including phenoxy) is 1. The first kappa shape index (κ1) is 30.5. The van der Waals surface area contributed by atoms with Crippen molar-refractivity contribution in [1.82, 2.24) is 16.0 Å². The van der Waals surface area contributed by atoms with Crippen LogP contribution in [0.3, 0.4) is 0 Å².